The second-order valence-corrected chi connectivity index (χ2v) is 5.87. The molecule has 0 aliphatic heterocycles. The Morgan fingerprint density at radius 1 is 1.17 bits per heavy atom. The molecule has 1 amide bonds. The third-order valence-corrected chi connectivity index (χ3v) is 3.84. The minimum absolute atomic E-state index is 0.0871. The fourth-order valence-electron chi connectivity index (χ4n) is 2.30. The molecule has 3 nitrogen and oxygen atoms in total. The molecule has 0 spiro atoms. The first-order chi connectivity index (χ1) is 11.1. The number of benzene rings is 2. The topological polar surface area (TPSA) is 32.3 Å². The molecular formula is C18H20ClFN2O. The lowest BCUT2D eigenvalue weighted by molar-refractivity contribution is -0.122. The van der Waals surface area contributed by atoms with Crippen LogP contribution in [0, 0.1) is 5.82 Å². The van der Waals surface area contributed by atoms with Crippen molar-refractivity contribution in [1.29, 1.82) is 0 Å². The van der Waals surface area contributed by atoms with Gasteiger partial charge in [-0.05, 0) is 31.2 Å². The Bertz CT molecular complexity index is 628. The van der Waals surface area contributed by atoms with E-state index in [0.29, 0.717) is 17.1 Å². The predicted octanol–water partition coefficient (Wildman–Crippen LogP) is 3.27. The highest BCUT2D eigenvalue weighted by atomic mass is 35.5. The maximum atomic E-state index is 13.7. The molecule has 2 aromatic carbocycles. The summed E-state index contributed by atoms with van der Waals surface area (Å²) in [6, 6.07) is 14.5. The van der Waals surface area contributed by atoms with Crippen molar-refractivity contribution in [2.45, 2.75) is 13.0 Å². The largest absolute Gasteiger partial charge is 0.355 e. The quantitative estimate of drug-likeness (QED) is 0.843. The molecule has 0 bridgehead atoms. The molecule has 0 fully saturated rings. The van der Waals surface area contributed by atoms with E-state index < -0.39 is 0 Å². The third-order valence-electron chi connectivity index (χ3n) is 3.48. The van der Waals surface area contributed by atoms with Gasteiger partial charge in [0.05, 0.1) is 6.54 Å². The van der Waals surface area contributed by atoms with Crippen molar-refractivity contribution in [1.82, 2.24) is 10.2 Å². The Morgan fingerprint density at radius 2 is 1.91 bits per heavy atom. The molecule has 23 heavy (non-hydrogen) atoms. The number of halogens is 2. The zero-order valence-electron chi connectivity index (χ0n) is 13.1. The molecule has 0 aliphatic rings. The summed E-state index contributed by atoms with van der Waals surface area (Å²) in [7, 11) is 1.76. The number of nitrogens with zero attached hydrogens (tertiary/aromatic N) is 1. The van der Waals surface area contributed by atoms with Crippen LogP contribution in [0.5, 0.6) is 0 Å². The molecule has 0 radical (unpaired) electrons. The third kappa shape index (κ3) is 5.66. The van der Waals surface area contributed by atoms with Crippen molar-refractivity contribution in [3.8, 4) is 0 Å². The van der Waals surface area contributed by atoms with E-state index in [1.807, 2.05) is 30.3 Å². The van der Waals surface area contributed by atoms with Gasteiger partial charge in [-0.3, -0.25) is 9.69 Å². The number of hydrogen-bond donors (Lipinski definition) is 1. The van der Waals surface area contributed by atoms with E-state index in [9.17, 15) is 9.18 Å². The maximum absolute atomic E-state index is 13.7. The van der Waals surface area contributed by atoms with Crippen molar-refractivity contribution in [3.63, 3.8) is 0 Å². The maximum Gasteiger partial charge on any atom is 0.234 e. The lowest BCUT2D eigenvalue weighted by atomic mass is 10.1. The lowest BCUT2D eigenvalue weighted by Crippen LogP contribution is -2.36. The van der Waals surface area contributed by atoms with Gasteiger partial charge in [0.1, 0.15) is 5.82 Å². The van der Waals surface area contributed by atoms with Crippen LogP contribution in [-0.2, 0) is 17.8 Å². The van der Waals surface area contributed by atoms with E-state index in [0.717, 1.165) is 6.42 Å². The molecule has 1 N–H and O–H groups in total. The van der Waals surface area contributed by atoms with Crippen LogP contribution in [0.25, 0.3) is 0 Å². The summed E-state index contributed by atoms with van der Waals surface area (Å²) in [6.07, 6.45) is 0.787. The molecular weight excluding hydrogens is 315 g/mol. The summed E-state index contributed by atoms with van der Waals surface area (Å²) in [5.41, 5.74) is 1.59. The summed E-state index contributed by atoms with van der Waals surface area (Å²) in [5.74, 6) is -0.440. The monoisotopic (exact) mass is 334 g/mol. The summed E-state index contributed by atoms with van der Waals surface area (Å²) >= 11 is 5.99. The van der Waals surface area contributed by atoms with Crippen LogP contribution < -0.4 is 5.32 Å². The fourth-order valence-corrected chi connectivity index (χ4v) is 2.52. The van der Waals surface area contributed by atoms with E-state index in [-0.39, 0.29) is 24.8 Å². The highest BCUT2D eigenvalue weighted by Gasteiger charge is 2.12. The predicted molar refractivity (Wildman–Crippen MR) is 90.9 cm³/mol. The van der Waals surface area contributed by atoms with Gasteiger partial charge in [0.15, 0.2) is 0 Å². The van der Waals surface area contributed by atoms with Crippen molar-refractivity contribution in [2.24, 2.45) is 0 Å². The molecule has 0 saturated heterocycles. The van der Waals surface area contributed by atoms with Crippen LogP contribution in [0.15, 0.2) is 48.5 Å². The van der Waals surface area contributed by atoms with Crippen molar-refractivity contribution < 1.29 is 9.18 Å². The Hall–Kier alpha value is -1.91. The van der Waals surface area contributed by atoms with Crippen LogP contribution in [-0.4, -0.2) is 30.9 Å². The van der Waals surface area contributed by atoms with E-state index >= 15 is 0 Å². The normalized spacial score (nSPS) is 10.8. The van der Waals surface area contributed by atoms with E-state index in [2.05, 4.69) is 5.32 Å². The number of likely N-dealkylation sites (N-methyl/N-ethyl adjacent to an activating group) is 1. The Kier molecular flexibility index (Phi) is 6.56. The smallest absolute Gasteiger partial charge is 0.234 e. The van der Waals surface area contributed by atoms with Gasteiger partial charge < -0.3 is 5.32 Å². The minimum atomic E-state index is -0.353. The minimum Gasteiger partial charge on any atom is -0.355 e. The van der Waals surface area contributed by atoms with Crippen LogP contribution in [0.2, 0.25) is 5.02 Å². The van der Waals surface area contributed by atoms with Crippen LogP contribution >= 0.6 is 11.6 Å². The number of carbonyl (C=O) groups excluding carboxylic acids is 1. The first kappa shape index (κ1) is 17.4. The SMILES string of the molecule is CN(CC(=O)NCCc1ccccc1)Cc1c(F)cccc1Cl. The Labute approximate surface area is 141 Å². The standard InChI is InChI=1S/C18H20ClFN2O/c1-22(12-15-16(19)8-5-9-17(15)20)13-18(23)21-11-10-14-6-3-2-4-7-14/h2-9H,10-13H2,1H3,(H,21,23). The number of carbonyl (C=O) groups is 1. The number of rotatable bonds is 7. The van der Waals surface area contributed by atoms with Crippen molar-refractivity contribution >= 4 is 17.5 Å². The van der Waals surface area contributed by atoms with E-state index in [4.69, 9.17) is 11.6 Å². The highest BCUT2D eigenvalue weighted by molar-refractivity contribution is 6.31. The lowest BCUT2D eigenvalue weighted by Gasteiger charge is -2.17. The molecule has 0 aromatic heterocycles. The zero-order valence-corrected chi connectivity index (χ0v) is 13.8. The Morgan fingerprint density at radius 3 is 2.61 bits per heavy atom. The van der Waals surface area contributed by atoms with E-state index in [1.165, 1.54) is 11.6 Å². The van der Waals surface area contributed by atoms with Crippen molar-refractivity contribution in [3.05, 3.63) is 70.5 Å². The zero-order chi connectivity index (χ0) is 16.7. The van der Waals surface area contributed by atoms with Gasteiger partial charge in [-0.1, -0.05) is 48.0 Å². The van der Waals surface area contributed by atoms with Crippen molar-refractivity contribution in [2.75, 3.05) is 20.1 Å². The molecule has 0 saturated carbocycles. The average molecular weight is 335 g/mol. The molecule has 0 aliphatic carbocycles. The van der Waals surface area contributed by atoms with E-state index in [1.54, 1.807) is 24.1 Å². The van der Waals surface area contributed by atoms with Gasteiger partial charge >= 0.3 is 0 Å². The molecule has 0 atom stereocenters. The van der Waals surface area contributed by atoms with Gasteiger partial charge in [-0.2, -0.15) is 0 Å². The van der Waals surface area contributed by atoms with Gasteiger partial charge in [0.2, 0.25) is 5.91 Å². The first-order valence-corrected chi connectivity index (χ1v) is 7.86. The molecule has 2 aromatic rings. The summed E-state index contributed by atoms with van der Waals surface area (Å²) in [4.78, 5) is 13.7. The summed E-state index contributed by atoms with van der Waals surface area (Å²) in [5, 5.41) is 3.25. The molecule has 0 heterocycles. The van der Waals surface area contributed by atoms with Gasteiger partial charge in [0, 0.05) is 23.7 Å². The average Bonchev–Trinajstić information content (AvgIpc) is 2.52. The van der Waals surface area contributed by atoms with Crippen LogP contribution in [0.4, 0.5) is 4.39 Å². The second kappa shape index (κ2) is 8.65. The van der Waals surface area contributed by atoms with Gasteiger partial charge in [-0.25, -0.2) is 4.39 Å². The molecule has 0 unspecified atom stereocenters. The second-order valence-electron chi connectivity index (χ2n) is 5.46. The summed E-state index contributed by atoms with van der Waals surface area (Å²) < 4.78 is 13.7. The molecule has 2 rings (SSSR count). The number of amides is 1. The van der Waals surface area contributed by atoms with Gasteiger partial charge in [-0.15, -0.1) is 0 Å². The molecule has 5 heteroatoms. The fraction of sp³-hybridized carbons (Fsp3) is 0.278. The molecule has 122 valence electrons. The number of nitrogens with one attached hydrogen (secondary N) is 1. The van der Waals surface area contributed by atoms with Gasteiger partial charge in [0.25, 0.3) is 0 Å². The number of hydrogen-bond acceptors (Lipinski definition) is 2. The first-order valence-electron chi connectivity index (χ1n) is 7.48. The Balaban J connectivity index is 1.76. The summed E-state index contributed by atoms with van der Waals surface area (Å²) in [6.45, 7) is 1.06. The highest BCUT2D eigenvalue weighted by Crippen LogP contribution is 2.20. The van der Waals surface area contributed by atoms with Crippen LogP contribution in [0.1, 0.15) is 11.1 Å². The van der Waals surface area contributed by atoms with Crippen LogP contribution in [0.3, 0.4) is 0 Å².